The second kappa shape index (κ2) is 5.32. The molecule has 1 saturated carbocycles. The van der Waals surface area contributed by atoms with Crippen LogP contribution in [0, 0.1) is 0 Å². The average molecular weight is 234 g/mol. The van der Waals surface area contributed by atoms with Gasteiger partial charge in [0.25, 0.3) is 0 Å². The van der Waals surface area contributed by atoms with Gasteiger partial charge in [-0.05, 0) is 12.8 Å². The topological polar surface area (TPSA) is 111 Å². The number of nitrogens with one attached hydrogen (secondary N) is 1. The van der Waals surface area contributed by atoms with Crippen LogP contribution in [0.5, 0.6) is 0 Å². The summed E-state index contributed by atoms with van der Waals surface area (Å²) in [5.41, 5.74) is 5.59. The van der Waals surface area contributed by atoms with Crippen LogP contribution in [0.3, 0.4) is 0 Å². The first-order valence-electron chi connectivity index (χ1n) is 5.04. The Morgan fingerprint density at radius 1 is 1.40 bits per heavy atom. The van der Waals surface area contributed by atoms with Crippen LogP contribution in [-0.2, 0) is 10.0 Å². The summed E-state index contributed by atoms with van der Waals surface area (Å²) in [6.45, 7) is 0.115. The van der Waals surface area contributed by atoms with Crippen molar-refractivity contribution >= 4 is 16.0 Å². The molecule has 0 saturated heterocycles. The summed E-state index contributed by atoms with van der Waals surface area (Å²) >= 11 is 0. The largest absolute Gasteiger partial charge is 0.370 e. The molecule has 1 aliphatic rings. The lowest BCUT2D eigenvalue weighted by Crippen LogP contribution is -2.38. The van der Waals surface area contributed by atoms with Crippen molar-refractivity contribution in [1.29, 1.82) is 0 Å². The molecule has 0 aliphatic heterocycles. The summed E-state index contributed by atoms with van der Waals surface area (Å²) in [7, 11) is -3.44. The van der Waals surface area contributed by atoms with Crippen LogP contribution in [0.25, 0.3) is 0 Å². The van der Waals surface area contributed by atoms with E-state index in [1.165, 1.54) is 12.8 Å². The molecule has 15 heavy (non-hydrogen) atoms. The van der Waals surface area contributed by atoms with E-state index in [1.807, 2.05) is 0 Å². The van der Waals surface area contributed by atoms with Crippen LogP contribution in [0.15, 0.2) is 4.99 Å². The highest BCUT2D eigenvalue weighted by atomic mass is 32.2. The summed E-state index contributed by atoms with van der Waals surface area (Å²) in [5.74, 6) is 0.144. The third kappa shape index (κ3) is 5.58. The van der Waals surface area contributed by atoms with E-state index >= 15 is 0 Å². The van der Waals surface area contributed by atoms with Gasteiger partial charge in [0.1, 0.15) is 0 Å². The Bertz CT molecular complexity index is 320. The fourth-order valence-corrected chi connectivity index (χ4v) is 1.96. The SMILES string of the molecule is NC(=NCCS(N)(=O)=O)NC1CCCC1. The number of nitrogens with zero attached hydrogens (tertiary/aromatic N) is 1. The lowest BCUT2D eigenvalue weighted by molar-refractivity contribution is 0.597. The molecule has 6 nitrogen and oxygen atoms in total. The van der Waals surface area contributed by atoms with Gasteiger partial charge in [-0.2, -0.15) is 0 Å². The molecule has 0 aromatic rings. The minimum atomic E-state index is -3.44. The molecule has 0 amide bonds. The number of nitrogens with two attached hydrogens (primary N) is 2. The van der Waals surface area contributed by atoms with Gasteiger partial charge >= 0.3 is 0 Å². The standard InChI is InChI=1S/C8H18N4O2S/c9-8(11-5-6-15(10,13)14)12-7-3-1-2-4-7/h7H,1-6H2,(H3,9,11,12)(H2,10,13,14). The van der Waals surface area contributed by atoms with Gasteiger partial charge in [0.2, 0.25) is 10.0 Å². The zero-order valence-electron chi connectivity index (χ0n) is 8.65. The second-order valence-corrected chi connectivity index (χ2v) is 5.49. The molecule has 0 aromatic carbocycles. The highest BCUT2D eigenvalue weighted by molar-refractivity contribution is 7.89. The number of primary sulfonamides is 1. The number of sulfonamides is 1. The molecule has 0 heterocycles. The molecule has 88 valence electrons. The van der Waals surface area contributed by atoms with Gasteiger partial charge in [0.15, 0.2) is 5.96 Å². The quantitative estimate of drug-likeness (QED) is 0.433. The molecule has 5 N–H and O–H groups in total. The molecule has 1 fully saturated rings. The van der Waals surface area contributed by atoms with Crippen molar-refractivity contribution in [2.45, 2.75) is 31.7 Å². The summed E-state index contributed by atoms with van der Waals surface area (Å²) in [5, 5.41) is 7.88. The normalized spacial score (nSPS) is 19.4. The second-order valence-electron chi connectivity index (χ2n) is 3.76. The van der Waals surface area contributed by atoms with E-state index in [1.54, 1.807) is 0 Å². The molecule has 1 rings (SSSR count). The van der Waals surface area contributed by atoms with Gasteiger partial charge < -0.3 is 11.1 Å². The number of aliphatic imine (C=N–C) groups is 1. The number of hydrogen-bond donors (Lipinski definition) is 3. The first kappa shape index (κ1) is 12.3. The third-order valence-corrected chi connectivity index (χ3v) is 3.12. The van der Waals surface area contributed by atoms with Crippen molar-refractivity contribution in [3.63, 3.8) is 0 Å². The Kier molecular flexibility index (Phi) is 4.34. The van der Waals surface area contributed by atoms with Gasteiger partial charge in [0.05, 0.1) is 12.3 Å². The van der Waals surface area contributed by atoms with Gasteiger partial charge in [0, 0.05) is 6.04 Å². The summed E-state index contributed by atoms with van der Waals surface area (Å²) in [4.78, 5) is 3.90. The van der Waals surface area contributed by atoms with E-state index in [0.29, 0.717) is 12.0 Å². The molecule has 0 unspecified atom stereocenters. The lowest BCUT2D eigenvalue weighted by atomic mass is 10.3. The third-order valence-electron chi connectivity index (χ3n) is 2.37. The zero-order chi connectivity index (χ0) is 11.3. The van der Waals surface area contributed by atoms with Gasteiger partial charge in [-0.25, -0.2) is 13.6 Å². The van der Waals surface area contributed by atoms with Crippen molar-refractivity contribution in [3.8, 4) is 0 Å². The molecule has 7 heteroatoms. The average Bonchev–Trinajstić information content (AvgIpc) is 2.54. The molecular formula is C8H18N4O2S. The van der Waals surface area contributed by atoms with E-state index in [-0.39, 0.29) is 12.3 Å². The number of rotatable bonds is 4. The minimum Gasteiger partial charge on any atom is -0.370 e. The maximum absolute atomic E-state index is 10.6. The van der Waals surface area contributed by atoms with E-state index in [0.717, 1.165) is 12.8 Å². The van der Waals surface area contributed by atoms with Crippen LogP contribution in [0.2, 0.25) is 0 Å². The maximum Gasteiger partial charge on any atom is 0.210 e. The Labute approximate surface area is 90.2 Å². The van der Waals surface area contributed by atoms with Crippen molar-refractivity contribution in [1.82, 2.24) is 5.32 Å². The fourth-order valence-electron chi connectivity index (χ4n) is 1.62. The Hall–Kier alpha value is -0.820. The molecular weight excluding hydrogens is 216 g/mol. The lowest BCUT2D eigenvalue weighted by Gasteiger charge is -2.11. The monoisotopic (exact) mass is 234 g/mol. The Morgan fingerprint density at radius 3 is 2.53 bits per heavy atom. The van der Waals surface area contributed by atoms with Crippen LogP contribution in [0.1, 0.15) is 25.7 Å². The van der Waals surface area contributed by atoms with E-state index in [2.05, 4.69) is 10.3 Å². The van der Waals surface area contributed by atoms with Crippen molar-refractivity contribution in [2.75, 3.05) is 12.3 Å². The number of guanidine groups is 1. The van der Waals surface area contributed by atoms with Crippen LogP contribution in [0.4, 0.5) is 0 Å². The highest BCUT2D eigenvalue weighted by Crippen LogP contribution is 2.17. The molecule has 1 aliphatic carbocycles. The highest BCUT2D eigenvalue weighted by Gasteiger charge is 2.14. The molecule has 0 radical (unpaired) electrons. The van der Waals surface area contributed by atoms with Crippen molar-refractivity contribution < 1.29 is 8.42 Å². The van der Waals surface area contributed by atoms with Gasteiger partial charge in [-0.15, -0.1) is 0 Å². The van der Waals surface area contributed by atoms with Crippen LogP contribution >= 0.6 is 0 Å². The Morgan fingerprint density at radius 2 is 2.00 bits per heavy atom. The molecule has 0 aromatic heterocycles. The van der Waals surface area contributed by atoms with E-state index < -0.39 is 10.0 Å². The molecule has 0 spiro atoms. The van der Waals surface area contributed by atoms with Crippen molar-refractivity contribution in [2.24, 2.45) is 15.9 Å². The fraction of sp³-hybridized carbons (Fsp3) is 0.875. The predicted molar refractivity (Wildman–Crippen MR) is 59.9 cm³/mol. The maximum atomic E-state index is 10.6. The van der Waals surface area contributed by atoms with Gasteiger partial charge in [-0.3, -0.25) is 4.99 Å². The predicted octanol–water partition coefficient (Wildman–Crippen LogP) is -0.878. The summed E-state index contributed by atoms with van der Waals surface area (Å²) in [6.07, 6.45) is 4.63. The van der Waals surface area contributed by atoms with Crippen molar-refractivity contribution in [3.05, 3.63) is 0 Å². The minimum absolute atomic E-state index is 0.115. The number of hydrogen-bond acceptors (Lipinski definition) is 3. The summed E-state index contributed by atoms with van der Waals surface area (Å²) in [6, 6.07) is 0.392. The first-order valence-corrected chi connectivity index (χ1v) is 6.76. The smallest absolute Gasteiger partial charge is 0.210 e. The van der Waals surface area contributed by atoms with Crippen LogP contribution < -0.4 is 16.2 Å². The van der Waals surface area contributed by atoms with Gasteiger partial charge in [-0.1, -0.05) is 12.8 Å². The first-order chi connectivity index (χ1) is 6.97. The molecule has 0 bridgehead atoms. The zero-order valence-corrected chi connectivity index (χ0v) is 9.46. The van der Waals surface area contributed by atoms with E-state index in [4.69, 9.17) is 10.9 Å². The van der Waals surface area contributed by atoms with Crippen LogP contribution in [-0.4, -0.2) is 32.7 Å². The van der Waals surface area contributed by atoms with E-state index in [9.17, 15) is 8.42 Å². The molecule has 0 atom stereocenters. The summed E-state index contributed by atoms with van der Waals surface area (Å²) < 4.78 is 21.2. The Balaban J connectivity index is 2.26.